The lowest BCUT2D eigenvalue weighted by molar-refractivity contribution is 0.0971. The third-order valence-corrected chi connectivity index (χ3v) is 4.10. The number of benzene rings is 2. The van der Waals surface area contributed by atoms with E-state index in [1.807, 2.05) is 0 Å². The maximum atomic E-state index is 12.5. The Balaban J connectivity index is 2.18. The van der Waals surface area contributed by atoms with Crippen LogP contribution in [0.4, 0.5) is 5.69 Å². The maximum absolute atomic E-state index is 12.5. The minimum Gasteiger partial charge on any atom is -0.496 e. The van der Waals surface area contributed by atoms with E-state index in [4.69, 9.17) is 44.9 Å². The van der Waals surface area contributed by atoms with Gasteiger partial charge >= 0.3 is 0 Å². The van der Waals surface area contributed by atoms with Gasteiger partial charge in [0, 0.05) is 0 Å². The molecule has 2 rings (SSSR count). The van der Waals surface area contributed by atoms with E-state index in [1.54, 1.807) is 36.4 Å². The number of halogens is 2. The van der Waals surface area contributed by atoms with E-state index in [1.165, 1.54) is 14.2 Å². The monoisotopic (exact) mass is 384 g/mol. The molecule has 8 heteroatoms. The summed E-state index contributed by atoms with van der Waals surface area (Å²) >= 11 is 17.2. The van der Waals surface area contributed by atoms with Gasteiger partial charge in [-0.05, 0) is 36.5 Å². The largest absolute Gasteiger partial charge is 0.496 e. The number of hydrogen-bond donors (Lipinski definition) is 2. The second-order valence-corrected chi connectivity index (χ2v) is 5.74. The zero-order valence-corrected chi connectivity index (χ0v) is 15.2. The summed E-state index contributed by atoms with van der Waals surface area (Å²) in [5.74, 6) is 0.269. The molecule has 2 aromatic carbocycles. The van der Waals surface area contributed by atoms with Crippen molar-refractivity contribution in [3.63, 3.8) is 0 Å². The van der Waals surface area contributed by atoms with Crippen LogP contribution in [0, 0.1) is 0 Å². The van der Waals surface area contributed by atoms with Gasteiger partial charge in [-0.15, -0.1) is 0 Å². The lowest BCUT2D eigenvalue weighted by atomic mass is 10.1. The van der Waals surface area contributed by atoms with Crippen molar-refractivity contribution in [2.75, 3.05) is 19.5 Å². The van der Waals surface area contributed by atoms with Crippen molar-refractivity contribution in [3.8, 4) is 11.5 Å². The first kappa shape index (κ1) is 18.3. The van der Waals surface area contributed by atoms with E-state index in [0.29, 0.717) is 27.2 Å². The molecule has 126 valence electrons. The van der Waals surface area contributed by atoms with Crippen LogP contribution in [0.5, 0.6) is 11.5 Å². The van der Waals surface area contributed by atoms with Crippen molar-refractivity contribution in [2.45, 2.75) is 0 Å². The average Bonchev–Trinajstić information content (AvgIpc) is 2.57. The van der Waals surface area contributed by atoms with E-state index in [0.717, 1.165) is 0 Å². The maximum Gasteiger partial charge on any atom is 0.264 e. The predicted octanol–water partition coefficient (Wildman–Crippen LogP) is 4.14. The molecule has 0 atom stereocenters. The van der Waals surface area contributed by atoms with Crippen molar-refractivity contribution in [2.24, 2.45) is 0 Å². The van der Waals surface area contributed by atoms with Crippen molar-refractivity contribution in [1.82, 2.24) is 5.32 Å². The Morgan fingerprint density at radius 3 is 2.21 bits per heavy atom. The number of ether oxygens (including phenoxy) is 2. The summed E-state index contributed by atoms with van der Waals surface area (Å²) in [6.45, 7) is 0. The van der Waals surface area contributed by atoms with Crippen molar-refractivity contribution >= 4 is 52.1 Å². The van der Waals surface area contributed by atoms with Crippen LogP contribution < -0.4 is 20.1 Å². The fourth-order valence-electron chi connectivity index (χ4n) is 1.99. The molecule has 0 spiro atoms. The highest BCUT2D eigenvalue weighted by molar-refractivity contribution is 7.80. The van der Waals surface area contributed by atoms with E-state index in [9.17, 15) is 4.79 Å². The normalized spacial score (nSPS) is 10.0. The molecule has 0 radical (unpaired) electrons. The minimum atomic E-state index is -0.472. The second kappa shape index (κ2) is 8.19. The lowest BCUT2D eigenvalue weighted by Crippen LogP contribution is -2.34. The van der Waals surface area contributed by atoms with Gasteiger partial charge < -0.3 is 14.8 Å². The predicted molar refractivity (Wildman–Crippen MR) is 99.7 cm³/mol. The van der Waals surface area contributed by atoms with E-state index in [2.05, 4.69) is 10.6 Å². The third kappa shape index (κ3) is 4.08. The molecule has 5 nitrogen and oxygen atoms in total. The fraction of sp³-hybridized carbons (Fsp3) is 0.125. The molecule has 0 aliphatic carbocycles. The number of rotatable bonds is 4. The van der Waals surface area contributed by atoms with E-state index < -0.39 is 5.91 Å². The van der Waals surface area contributed by atoms with Crippen LogP contribution >= 0.6 is 35.4 Å². The summed E-state index contributed by atoms with van der Waals surface area (Å²) in [5, 5.41) is 6.14. The summed E-state index contributed by atoms with van der Waals surface area (Å²) in [7, 11) is 2.93. The van der Waals surface area contributed by atoms with Crippen LogP contribution in [0.25, 0.3) is 0 Å². The van der Waals surface area contributed by atoms with Crippen LogP contribution in [-0.4, -0.2) is 25.2 Å². The molecule has 0 aromatic heterocycles. The lowest BCUT2D eigenvalue weighted by Gasteiger charge is -2.14. The van der Waals surface area contributed by atoms with E-state index in [-0.39, 0.29) is 10.7 Å². The van der Waals surface area contributed by atoms with Crippen LogP contribution in [0.3, 0.4) is 0 Å². The van der Waals surface area contributed by atoms with Crippen LogP contribution in [0.15, 0.2) is 36.4 Å². The standard InChI is InChI=1S/C16H14Cl2N2O3S/c1-22-11-7-4-8-12(23-2)13(11)15(21)20-16(24)19-10-6-3-5-9(17)14(10)18/h3-8H,1-2H3,(H2,19,20,21,24). The minimum absolute atomic E-state index is 0.0668. The Morgan fingerprint density at radius 1 is 1.04 bits per heavy atom. The Labute approximate surface area is 154 Å². The average molecular weight is 385 g/mol. The highest BCUT2D eigenvalue weighted by atomic mass is 35.5. The third-order valence-electron chi connectivity index (χ3n) is 3.08. The number of carbonyl (C=O) groups excluding carboxylic acids is 1. The van der Waals surface area contributed by atoms with Crippen LogP contribution in [-0.2, 0) is 0 Å². The number of anilines is 1. The molecular weight excluding hydrogens is 371 g/mol. The zero-order chi connectivity index (χ0) is 17.7. The van der Waals surface area contributed by atoms with Gasteiger partial charge in [0.15, 0.2) is 5.11 Å². The van der Waals surface area contributed by atoms with Crippen molar-refractivity contribution in [1.29, 1.82) is 0 Å². The van der Waals surface area contributed by atoms with Gasteiger partial charge in [0.1, 0.15) is 17.1 Å². The highest BCUT2D eigenvalue weighted by Crippen LogP contribution is 2.30. The van der Waals surface area contributed by atoms with E-state index >= 15 is 0 Å². The SMILES string of the molecule is COc1cccc(OC)c1C(=O)NC(=S)Nc1cccc(Cl)c1Cl. The Bertz CT molecular complexity index is 762. The number of carbonyl (C=O) groups is 1. The molecule has 0 saturated heterocycles. The Hall–Kier alpha value is -2.02. The van der Waals surface area contributed by atoms with Crippen LogP contribution in [0.1, 0.15) is 10.4 Å². The number of nitrogens with one attached hydrogen (secondary N) is 2. The highest BCUT2D eigenvalue weighted by Gasteiger charge is 2.19. The first-order chi connectivity index (χ1) is 11.5. The first-order valence-corrected chi connectivity index (χ1v) is 7.91. The molecular formula is C16H14Cl2N2O3S. The summed E-state index contributed by atoms with van der Waals surface area (Å²) in [6, 6.07) is 10.1. The summed E-state index contributed by atoms with van der Waals surface area (Å²) < 4.78 is 10.4. The van der Waals surface area contributed by atoms with Crippen LogP contribution in [0.2, 0.25) is 10.0 Å². The molecule has 0 aliphatic rings. The van der Waals surface area contributed by atoms with Gasteiger partial charge in [0.05, 0.1) is 30.0 Å². The van der Waals surface area contributed by atoms with Gasteiger partial charge in [-0.1, -0.05) is 35.3 Å². The Kier molecular flexibility index (Phi) is 6.25. The first-order valence-electron chi connectivity index (χ1n) is 6.75. The summed E-state index contributed by atoms with van der Waals surface area (Å²) in [5.41, 5.74) is 0.727. The van der Waals surface area contributed by atoms with Gasteiger partial charge in [0.25, 0.3) is 5.91 Å². The second-order valence-electron chi connectivity index (χ2n) is 4.55. The number of amides is 1. The number of thiocarbonyl (C=S) groups is 1. The zero-order valence-electron chi connectivity index (χ0n) is 12.9. The molecule has 1 amide bonds. The molecule has 0 unspecified atom stereocenters. The molecule has 0 bridgehead atoms. The topological polar surface area (TPSA) is 59.6 Å². The molecule has 0 heterocycles. The van der Waals surface area contributed by atoms with Gasteiger partial charge in [-0.25, -0.2) is 0 Å². The van der Waals surface area contributed by atoms with Gasteiger partial charge in [0.2, 0.25) is 0 Å². The fourth-order valence-corrected chi connectivity index (χ4v) is 2.54. The summed E-state index contributed by atoms with van der Waals surface area (Å²) in [4.78, 5) is 12.5. The quantitative estimate of drug-likeness (QED) is 0.775. The van der Waals surface area contributed by atoms with Gasteiger partial charge in [-0.3, -0.25) is 10.1 Å². The molecule has 0 fully saturated rings. The molecule has 24 heavy (non-hydrogen) atoms. The number of methoxy groups -OCH3 is 2. The molecule has 2 aromatic rings. The molecule has 0 aliphatic heterocycles. The smallest absolute Gasteiger partial charge is 0.264 e. The summed E-state index contributed by atoms with van der Waals surface area (Å²) in [6.07, 6.45) is 0. The van der Waals surface area contributed by atoms with Crippen molar-refractivity contribution < 1.29 is 14.3 Å². The van der Waals surface area contributed by atoms with Gasteiger partial charge in [-0.2, -0.15) is 0 Å². The Morgan fingerprint density at radius 2 is 1.62 bits per heavy atom. The number of hydrogen-bond acceptors (Lipinski definition) is 4. The molecule has 0 saturated carbocycles. The van der Waals surface area contributed by atoms with Crippen molar-refractivity contribution in [3.05, 3.63) is 52.0 Å². The molecule has 2 N–H and O–H groups in total.